The Morgan fingerprint density at radius 1 is 0.804 bits per heavy atom. The first kappa shape index (κ1) is 43.4. The van der Waals surface area contributed by atoms with Crippen LogP contribution in [0.2, 0.25) is 0 Å². The van der Waals surface area contributed by atoms with E-state index in [4.69, 9.17) is 23.7 Å². The molecule has 1 aliphatic heterocycles. The van der Waals surface area contributed by atoms with Crippen molar-refractivity contribution < 1.29 is 47.7 Å². The predicted molar refractivity (Wildman–Crippen MR) is 215 cm³/mol. The number of nitrogens with zero attached hydrogens (tertiary/aromatic N) is 2. The number of likely N-dealkylation sites (N-methyl/N-ethyl adjacent to an activating group) is 1. The van der Waals surface area contributed by atoms with Gasteiger partial charge in [0.15, 0.2) is 6.10 Å². The molecule has 1 aromatic carbocycles. The Kier molecular flexibility index (Phi) is 16.4. The zero-order chi connectivity index (χ0) is 40.1. The maximum absolute atomic E-state index is 13.4. The summed E-state index contributed by atoms with van der Waals surface area (Å²) in [5, 5.41) is 1.02. The molecule has 1 saturated carbocycles. The molecule has 0 saturated heterocycles. The summed E-state index contributed by atoms with van der Waals surface area (Å²) >= 11 is 3.66. The molecule has 0 spiro atoms. The van der Waals surface area contributed by atoms with Gasteiger partial charge in [0.1, 0.15) is 13.2 Å². The van der Waals surface area contributed by atoms with E-state index in [1.807, 2.05) is 12.1 Å². The summed E-state index contributed by atoms with van der Waals surface area (Å²) < 4.78 is 29.4. The Morgan fingerprint density at radius 3 is 2.05 bits per heavy atom. The molecule has 0 bridgehead atoms. The van der Waals surface area contributed by atoms with Crippen LogP contribution in [0.1, 0.15) is 134 Å². The third-order valence-corrected chi connectivity index (χ3v) is 12.0. The fraction of sp³-hybridized carbons (Fsp3) is 0.651. The lowest BCUT2D eigenvalue weighted by Crippen LogP contribution is -2.39. The molecule has 1 aromatic heterocycles. The minimum absolute atomic E-state index is 0.0575. The summed E-state index contributed by atoms with van der Waals surface area (Å²) in [4.78, 5) is 66.6. The highest BCUT2D eigenvalue weighted by molar-refractivity contribution is 9.10. The van der Waals surface area contributed by atoms with Crippen LogP contribution in [0.5, 0.6) is 0 Å². The second-order valence-corrected chi connectivity index (χ2v) is 16.4. The predicted octanol–water partition coefficient (Wildman–Crippen LogP) is 8.81. The molecule has 12 nitrogen and oxygen atoms in total. The van der Waals surface area contributed by atoms with Crippen LogP contribution >= 0.6 is 15.9 Å². The van der Waals surface area contributed by atoms with Gasteiger partial charge in [-0.05, 0) is 89.7 Å². The van der Waals surface area contributed by atoms with E-state index in [1.165, 1.54) is 10.1 Å². The summed E-state index contributed by atoms with van der Waals surface area (Å²) in [5.74, 6) is -1.97. The molecule has 1 atom stereocenters. The second kappa shape index (κ2) is 21.2. The first-order valence-electron chi connectivity index (χ1n) is 20.6. The zero-order valence-corrected chi connectivity index (χ0v) is 35.0. The van der Waals surface area contributed by atoms with Crippen molar-refractivity contribution >= 4 is 62.4 Å². The van der Waals surface area contributed by atoms with Crippen molar-refractivity contribution in [2.45, 2.75) is 142 Å². The van der Waals surface area contributed by atoms with Gasteiger partial charge in [-0.3, -0.25) is 24.1 Å². The summed E-state index contributed by atoms with van der Waals surface area (Å²) in [6, 6.07) is 6.13. The lowest BCUT2D eigenvalue weighted by Gasteiger charge is -2.36. The molecule has 3 aliphatic rings. The van der Waals surface area contributed by atoms with Crippen LogP contribution in [-0.2, 0) is 49.3 Å². The normalized spacial score (nSPS) is 16.9. The van der Waals surface area contributed by atoms with Crippen LogP contribution in [0.4, 0.5) is 4.79 Å². The van der Waals surface area contributed by atoms with Crippen LogP contribution in [0.25, 0.3) is 16.5 Å². The standard InChI is InChI=1S/C43H59BrN2O10/c1-4-6-8-10-12-19-36(47)52-27-30(28-53-37(48)20-13-11-9-7-5-2)56-39(50)26-43(21-22-43)25-38(49)54-29-55-42(51)46-34-18-14-16-32-31-17-15-23-45(3)35(31)24-33(40(32)34)41(46)44/h14,16-18,30,35H,4-13,15,19-29H2,1-3H3. The van der Waals surface area contributed by atoms with E-state index in [-0.39, 0.29) is 44.9 Å². The topological polar surface area (TPSA) is 140 Å². The van der Waals surface area contributed by atoms with Gasteiger partial charge in [-0.1, -0.05) is 83.4 Å². The first-order valence-corrected chi connectivity index (χ1v) is 21.4. The fourth-order valence-corrected chi connectivity index (χ4v) is 8.46. The van der Waals surface area contributed by atoms with Gasteiger partial charge in [-0.25, -0.2) is 9.36 Å². The van der Waals surface area contributed by atoms with E-state index in [0.717, 1.165) is 92.8 Å². The molecule has 308 valence electrons. The van der Waals surface area contributed by atoms with Crippen molar-refractivity contribution in [1.82, 2.24) is 9.47 Å². The Bertz CT molecular complexity index is 1700. The van der Waals surface area contributed by atoms with E-state index in [0.29, 0.717) is 30.3 Å². The van der Waals surface area contributed by atoms with E-state index in [9.17, 15) is 24.0 Å². The highest BCUT2D eigenvalue weighted by atomic mass is 79.9. The Hall–Kier alpha value is -3.71. The number of esters is 4. The highest BCUT2D eigenvalue weighted by Crippen LogP contribution is 2.52. The van der Waals surface area contributed by atoms with Crippen LogP contribution in [0.3, 0.4) is 0 Å². The van der Waals surface area contributed by atoms with Crippen LogP contribution in [0, 0.1) is 5.41 Å². The number of carbonyl (C=O) groups excluding carboxylic acids is 5. The van der Waals surface area contributed by atoms with Crippen molar-refractivity contribution in [3.8, 4) is 0 Å². The van der Waals surface area contributed by atoms with E-state index < -0.39 is 48.3 Å². The molecule has 0 amide bonds. The van der Waals surface area contributed by atoms with Crippen LogP contribution in [0.15, 0.2) is 28.9 Å². The molecule has 2 heterocycles. The maximum Gasteiger partial charge on any atom is 0.422 e. The minimum Gasteiger partial charge on any atom is -0.462 e. The average molecular weight is 844 g/mol. The maximum atomic E-state index is 13.4. The monoisotopic (exact) mass is 842 g/mol. The van der Waals surface area contributed by atoms with Gasteiger partial charge in [0.2, 0.25) is 6.79 Å². The van der Waals surface area contributed by atoms with Crippen molar-refractivity contribution in [3.05, 3.63) is 40.0 Å². The summed E-state index contributed by atoms with van der Waals surface area (Å²) in [6.45, 7) is 4.20. The fourth-order valence-electron chi connectivity index (χ4n) is 7.77. The third-order valence-electron chi connectivity index (χ3n) is 11.2. The average Bonchev–Trinajstić information content (AvgIpc) is 3.86. The van der Waals surface area contributed by atoms with Crippen molar-refractivity contribution in [3.63, 3.8) is 0 Å². The number of benzene rings is 1. The number of aromatic nitrogens is 1. The van der Waals surface area contributed by atoms with Gasteiger partial charge in [0.25, 0.3) is 0 Å². The number of fused-ring (bicyclic) bond motifs is 2. The number of rotatable bonds is 23. The Morgan fingerprint density at radius 2 is 1.43 bits per heavy atom. The van der Waals surface area contributed by atoms with Gasteiger partial charge in [0, 0.05) is 30.8 Å². The van der Waals surface area contributed by atoms with Crippen molar-refractivity contribution in [2.24, 2.45) is 5.41 Å². The molecule has 0 radical (unpaired) electrons. The largest absolute Gasteiger partial charge is 0.462 e. The molecule has 1 unspecified atom stereocenters. The molecule has 1 fully saturated rings. The number of carbonyl (C=O) groups is 5. The molecule has 0 N–H and O–H groups in total. The van der Waals surface area contributed by atoms with Gasteiger partial charge in [-0.2, -0.15) is 0 Å². The van der Waals surface area contributed by atoms with E-state index in [2.05, 4.69) is 53.9 Å². The second-order valence-electron chi connectivity index (χ2n) is 15.7. The summed E-state index contributed by atoms with van der Waals surface area (Å²) in [7, 11) is 2.12. The minimum atomic E-state index is -0.968. The van der Waals surface area contributed by atoms with Crippen LogP contribution < -0.4 is 0 Å². The number of hydrogen-bond donors (Lipinski definition) is 0. The Labute approximate surface area is 339 Å². The SMILES string of the molecule is CCCCCCCC(=O)OCC(COC(=O)CCCCCCC)OC(=O)CC1(CC(=O)OCOC(=O)n2c(Br)c3c4c(cccc42)C2=CCCN(C)C2C3)CC1. The van der Waals surface area contributed by atoms with Gasteiger partial charge >= 0.3 is 30.0 Å². The number of unbranched alkanes of at least 4 members (excludes halogenated alkanes) is 8. The van der Waals surface area contributed by atoms with Gasteiger partial charge in [0.05, 0.1) is 23.0 Å². The molecular formula is C43H59BrN2O10. The van der Waals surface area contributed by atoms with Crippen LogP contribution in [-0.4, -0.2) is 85.2 Å². The molecule has 2 aromatic rings. The zero-order valence-electron chi connectivity index (χ0n) is 33.4. The van der Waals surface area contributed by atoms with E-state index >= 15 is 0 Å². The lowest BCUT2D eigenvalue weighted by atomic mass is 9.82. The molecule has 5 rings (SSSR count). The number of halogens is 1. The summed E-state index contributed by atoms with van der Waals surface area (Å²) in [5.41, 5.74) is 3.50. The Balaban J connectivity index is 1.09. The quantitative estimate of drug-likeness (QED) is 0.0459. The molecule has 2 aliphatic carbocycles. The van der Waals surface area contributed by atoms with E-state index in [1.54, 1.807) is 0 Å². The van der Waals surface area contributed by atoms with Crippen molar-refractivity contribution in [2.75, 3.05) is 33.6 Å². The molecular weight excluding hydrogens is 784 g/mol. The smallest absolute Gasteiger partial charge is 0.422 e. The molecule has 13 heteroatoms. The third kappa shape index (κ3) is 11.9. The van der Waals surface area contributed by atoms with Gasteiger partial charge in [-0.15, -0.1) is 0 Å². The molecule has 56 heavy (non-hydrogen) atoms. The number of hydrogen-bond acceptors (Lipinski definition) is 11. The highest BCUT2D eigenvalue weighted by Gasteiger charge is 2.47. The van der Waals surface area contributed by atoms with Gasteiger partial charge < -0.3 is 23.7 Å². The summed E-state index contributed by atoms with van der Waals surface area (Å²) in [6.07, 6.45) is 13.9. The van der Waals surface area contributed by atoms with Crippen molar-refractivity contribution in [1.29, 1.82) is 0 Å². The first-order chi connectivity index (χ1) is 27.1. The lowest BCUT2D eigenvalue weighted by molar-refractivity contribution is -0.168. The number of ether oxygens (including phenoxy) is 5.